The lowest BCUT2D eigenvalue weighted by Crippen LogP contribution is -2.19. The highest BCUT2D eigenvalue weighted by Gasteiger charge is 2.28. The monoisotopic (exact) mass is 481 g/mol. The largest absolute Gasteiger partial charge is 0.478 e. The van der Waals surface area contributed by atoms with E-state index in [0.29, 0.717) is 23.7 Å². The number of oxazole rings is 1. The van der Waals surface area contributed by atoms with Crippen molar-refractivity contribution in [2.24, 2.45) is 0 Å². The highest BCUT2D eigenvalue weighted by atomic mass is 19.1. The molecule has 3 heterocycles. The van der Waals surface area contributed by atoms with Gasteiger partial charge in [0, 0.05) is 42.6 Å². The summed E-state index contributed by atoms with van der Waals surface area (Å²) in [6.07, 6.45) is 6.65. The molecule has 2 aromatic carbocycles. The summed E-state index contributed by atoms with van der Waals surface area (Å²) < 4.78 is 23.0. The molecule has 182 valence electrons. The summed E-state index contributed by atoms with van der Waals surface area (Å²) in [5, 5.41) is 20.8. The van der Waals surface area contributed by atoms with Gasteiger partial charge in [-0.15, -0.1) is 0 Å². The van der Waals surface area contributed by atoms with Crippen molar-refractivity contribution in [1.82, 2.24) is 15.0 Å². The number of likely N-dealkylation sites (tertiary alicyclic amines) is 1. The third-order valence-corrected chi connectivity index (χ3v) is 5.09. The van der Waals surface area contributed by atoms with E-state index in [1.807, 2.05) is 6.07 Å². The van der Waals surface area contributed by atoms with E-state index in [2.05, 4.69) is 43.7 Å². The molecule has 10 heteroatoms. The number of fused-ring (bicyclic) bond motifs is 1. The van der Waals surface area contributed by atoms with Crippen LogP contribution in [0, 0.1) is 5.82 Å². The number of aromatic nitrogens is 2. The molecule has 0 amide bonds. The Hall–Kier alpha value is -4.31. The first-order chi connectivity index (χ1) is 16.9. The molecule has 0 saturated carbocycles. The second kappa shape index (κ2) is 12.8. The molecular formula is C25H24FN3O6. The summed E-state index contributed by atoms with van der Waals surface area (Å²) in [4.78, 5) is 25.1. The Bertz CT molecular complexity index is 1210. The molecule has 1 fully saturated rings. The predicted octanol–water partition coefficient (Wildman–Crippen LogP) is 4.34. The number of nitrogens with zero attached hydrogens (tertiary/aromatic N) is 3. The molecule has 35 heavy (non-hydrogen) atoms. The minimum absolute atomic E-state index is 0.285. The van der Waals surface area contributed by atoms with Crippen LogP contribution in [0.25, 0.3) is 11.0 Å². The van der Waals surface area contributed by atoms with Crippen LogP contribution in [0.1, 0.15) is 23.6 Å². The lowest BCUT2D eigenvalue weighted by molar-refractivity contribution is -0.134. The van der Waals surface area contributed by atoms with Gasteiger partial charge in [0.15, 0.2) is 12.0 Å². The standard InChI is InChI=1S/C18H17FN2O.C4H4O4.C3H3NO/c19-15-6-7-16-17(10-15)22-20-18(16)14-8-9-21(12-14)11-13-4-2-1-3-5-13;5-3(6)1-2-4(7)8;1-2-5-3-4-1/h1-7,10,14H,8-9,11-12H2;1-2H,(H,5,6)(H,7,8);1-3H/b;2-1+;. The van der Waals surface area contributed by atoms with E-state index in [-0.39, 0.29) is 5.82 Å². The van der Waals surface area contributed by atoms with E-state index < -0.39 is 11.9 Å². The summed E-state index contributed by atoms with van der Waals surface area (Å²) in [7, 11) is 0. The van der Waals surface area contributed by atoms with Gasteiger partial charge in [0.05, 0.1) is 11.9 Å². The molecule has 0 bridgehead atoms. The maximum absolute atomic E-state index is 13.2. The molecule has 1 atom stereocenters. The summed E-state index contributed by atoms with van der Waals surface area (Å²) in [6.45, 7) is 2.98. The van der Waals surface area contributed by atoms with E-state index >= 15 is 0 Å². The fourth-order valence-corrected chi connectivity index (χ4v) is 3.58. The Balaban J connectivity index is 0.000000217. The van der Waals surface area contributed by atoms with Crippen molar-refractivity contribution in [3.63, 3.8) is 0 Å². The highest BCUT2D eigenvalue weighted by molar-refractivity contribution is 5.89. The van der Waals surface area contributed by atoms with Gasteiger partial charge in [-0.25, -0.2) is 19.0 Å². The average Bonchev–Trinajstić information content (AvgIpc) is 3.61. The zero-order valence-electron chi connectivity index (χ0n) is 18.7. The van der Waals surface area contributed by atoms with E-state index in [4.69, 9.17) is 14.7 Å². The number of hydrogen-bond acceptors (Lipinski definition) is 7. The number of carbonyl (C=O) groups is 2. The van der Waals surface area contributed by atoms with Crippen LogP contribution in [0.15, 0.2) is 88.5 Å². The Kier molecular flexibility index (Phi) is 9.26. The summed E-state index contributed by atoms with van der Waals surface area (Å²) >= 11 is 0. The van der Waals surface area contributed by atoms with E-state index in [0.717, 1.165) is 37.1 Å². The van der Waals surface area contributed by atoms with Crippen molar-refractivity contribution in [3.05, 3.63) is 96.6 Å². The van der Waals surface area contributed by atoms with E-state index in [1.54, 1.807) is 12.3 Å². The number of aliphatic carboxylic acids is 2. The Morgan fingerprint density at radius 2 is 1.86 bits per heavy atom. The number of rotatable bonds is 5. The minimum Gasteiger partial charge on any atom is -0.478 e. The number of benzene rings is 2. The van der Waals surface area contributed by atoms with Crippen LogP contribution in [-0.4, -0.2) is 50.3 Å². The smallest absolute Gasteiger partial charge is 0.328 e. The molecule has 0 spiro atoms. The molecule has 1 aliphatic heterocycles. The second-order valence-corrected chi connectivity index (χ2v) is 7.60. The predicted molar refractivity (Wildman–Crippen MR) is 124 cm³/mol. The summed E-state index contributed by atoms with van der Waals surface area (Å²) in [6, 6.07) is 15.1. The minimum atomic E-state index is -1.26. The van der Waals surface area contributed by atoms with Crippen LogP contribution in [-0.2, 0) is 16.1 Å². The summed E-state index contributed by atoms with van der Waals surface area (Å²) in [5.74, 6) is -2.44. The normalized spacial score (nSPS) is 15.3. The summed E-state index contributed by atoms with van der Waals surface area (Å²) in [5.41, 5.74) is 2.83. The molecule has 1 saturated heterocycles. The number of halogens is 1. The van der Waals surface area contributed by atoms with E-state index in [1.165, 1.54) is 30.4 Å². The van der Waals surface area contributed by atoms with Gasteiger partial charge < -0.3 is 19.2 Å². The van der Waals surface area contributed by atoms with Crippen LogP contribution >= 0.6 is 0 Å². The van der Waals surface area contributed by atoms with Gasteiger partial charge in [0.25, 0.3) is 0 Å². The zero-order valence-corrected chi connectivity index (χ0v) is 18.7. The molecule has 2 N–H and O–H groups in total. The van der Waals surface area contributed by atoms with Gasteiger partial charge in [0.1, 0.15) is 12.1 Å². The molecule has 2 aromatic heterocycles. The lowest BCUT2D eigenvalue weighted by atomic mass is 10.0. The first-order valence-electron chi connectivity index (χ1n) is 10.7. The third kappa shape index (κ3) is 8.20. The second-order valence-electron chi connectivity index (χ2n) is 7.60. The first kappa shape index (κ1) is 25.3. The molecule has 1 unspecified atom stereocenters. The fraction of sp³-hybridized carbons (Fsp3) is 0.200. The van der Waals surface area contributed by atoms with Gasteiger partial charge >= 0.3 is 11.9 Å². The molecule has 5 rings (SSSR count). The van der Waals surface area contributed by atoms with Crippen molar-refractivity contribution in [2.75, 3.05) is 13.1 Å². The first-order valence-corrected chi connectivity index (χ1v) is 10.7. The third-order valence-electron chi connectivity index (χ3n) is 5.09. The van der Waals surface area contributed by atoms with Gasteiger partial charge in [0.2, 0.25) is 0 Å². The quantitative estimate of drug-likeness (QED) is 0.400. The van der Waals surface area contributed by atoms with Crippen molar-refractivity contribution < 1.29 is 33.1 Å². The maximum atomic E-state index is 13.2. The molecule has 0 radical (unpaired) electrons. The zero-order chi connectivity index (χ0) is 25.0. The van der Waals surface area contributed by atoms with Gasteiger partial charge in [-0.05, 0) is 30.7 Å². The van der Waals surface area contributed by atoms with Crippen LogP contribution in [0.3, 0.4) is 0 Å². The van der Waals surface area contributed by atoms with Crippen LogP contribution in [0.4, 0.5) is 4.39 Å². The maximum Gasteiger partial charge on any atom is 0.328 e. The topological polar surface area (TPSA) is 130 Å². The van der Waals surface area contributed by atoms with Crippen LogP contribution in [0.5, 0.6) is 0 Å². The van der Waals surface area contributed by atoms with Gasteiger partial charge in [-0.3, -0.25) is 4.90 Å². The Morgan fingerprint density at radius 3 is 2.46 bits per heavy atom. The van der Waals surface area contributed by atoms with Crippen molar-refractivity contribution in [1.29, 1.82) is 0 Å². The molecule has 1 aliphatic rings. The molecule has 9 nitrogen and oxygen atoms in total. The highest BCUT2D eigenvalue weighted by Crippen LogP contribution is 2.32. The van der Waals surface area contributed by atoms with E-state index in [9.17, 15) is 14.0 Å². The number of carboxylic acids is 2. The molecule has 4 aromatic rings. The lowest BCUT2D eigenvalue weighted by Gasteiger charge is -2.15. The van der Waals surface area contributed by atoms with Crippen molar-refractivity contribution in [3.8, 4) is 0 Å². The van der Waals surface area contributed by atoms with Crippen molar-refractivity contribution >= 4 is 22.9 Å². The Morgan fingerprint density at radius 1 is 1.11 bits per heavy atom. The number of carboxylic acid groups (broad SMARTS) is 2. The average molecular weight is 481 g/mol. The molecule has 0 aliphatic carbocycles. The number of hydrogen-bond donors (Lipinski definition) is 2. The fourth-order valence-electron chi connectivity index (χ4n) is 3.58. The molecular weight excluding hydrogens is 457 g/mol. The SMILES string of the molecule is Fc1ccc2c(C3CCN(Cc4ccccc4)C3)noc2c1.O=C(O)/C=C/C(=O)O.c1cocn1. The van der Waals surface area contributed by atoms with Crippen LogP contribution < -0.4 is 0 Å². The Labute approximate surface area is 200 Å². The van der Waals surface area contributed by atoms with Gasteiger partial charge in [-0.1, -0.05) is 35.5 Å². The van der Waals surface area contributed by atoms with Gasteiger partial charge in [-0.2, -0.15) is 0 Å². The van der Waals surface area contributed by atoms with Crippen LogP contribution in [0.2, 0.25) is 0 Å². The van der Waals surface area contributed by atoms with Crippen molar-refractivity contribution in [2.45, 2.75) is 18.9 Å².